The number of carbonyl (C=O) groups is 1. The molecule has 1 heterocycles. The smallest absolute Gasteiger partial charge is 0.164 e. The molecule has 4 rings (SSSR count). The zero-order valence-electron chi connectivity index (χ0n) is 27.1. The van der Waals surface area contributed by atoms with Crippen molar-refractivity contribution in [1.29, 1.82) is 0 Å². The Labute approximate surface area is 267 Å². The van der Waals surface area contributed by atoms with E-state index in [1.165, 1.54) is 33.3 Å². The van der Waals surface area contributed by atoms with Gasteiger partial charge >= 0.3 is 0 Å². The topological polar surface area (TPSA) is 50.2 Å². The van der Waals surface area contributed by atoms with E-state index in [2.05, 4.69) is 106 Å². The Morgan fingerprint density at radius 3 is 1.98 bits per heavy atom. The minimum atomic E-state index is -1.54. The van der Waals surface area contributed by atoms with Gasteiger partial charge in [-0.3, -0.25) is 9.78 Å². The quantitative estimate of drug-likeness (QED) is 0.0977. The number of hydrogen-bond donors (Lipinski definition) is 1. The normalized spacial score (nSPS) is 12.3. The SMILES string of the molecule is CC(C)(C)C(=O)/C=C(\O)C(C)(C)C.Cc1[c-]c(-c2cc([Si](C)(C)C)c3ccc(-c4ccccc4)cc3n2)cc(C)c1.[Ir]. The number of aryl methyl sites for hydroxylation is 2. The van der Waals surface area contributed by atoms with E-state index in [4.69, 9.17) is 4.98 Å². The Morgan fingerprint density at radius 1 is 0.833 bits per heavy atom. The van der Waals surface area contributed by atoms with Gasteiger partial charge in [0.05, 0.1) is 13.6 Å². The second-order valence-electron chi connectivity index (χ2n) is 14.1. The van der Waals surface area contributed by atoms with Gasteiger partial charge in [0.1, 0.15) is 5.76 Å². The number of rotatable bonds is 4. The summed E-state index contributed by atoms with van der Waals surface area (Å²) in [5, 5.41) is 12.3. The standard InChI is InChI=1S/C26H26NSi.C11H20O2.Ir/c1-18-13-19(2)15-22(14-18)24-17-26(28(3,4)5)23-12-11-21(16-25(23)27-24)20-9-7-6-8-10-20;1-10(2,3)8(12)7-9(13)11(4,5)6;/h6-14,16-17H,1-5H3;7,12H,1-6H3;/q-1;;/b;8-7-;. The fourth-order valence-corrected chi connectivity index (χ4v) is 5.98. The summed E-state index contributed by atoms with van der Waals surface area (Å²) in [6.07, 6.45) is 1.33. The number of hydrogen-bond acceptors (Lipinski definition) is 3. The molecule has 0 aliphatic heterocycles. The monoisotopic (exact) mass is 757 g/mol. The Hall–Kier alpha value is -2.85. The van der Waals surface area contributed by atoms with E-state index in [-0.39, 0.29) is 37.1 Å². The zero-order valence-corrected chi connectivity index (χ0v) is 30.5. The van der Waals surface area contributed by atoms with Crippen molar-refractivity contribution in [3.05, 3.63) is 95.8 Å². The van der Waals surface area contributed by atoms with Crippen LogP contribution in [0, 0.1) is 30.7 Å². The molecule has 0 saturated carbocycles. The fourth-order valence-electron chi connectivity index (χ4n) is 4.39. The molecule has 4 aromatic rings. The number of nitrogens with zero attached hydrogens (tertiary/aromatic N) is 1. The van der Waals surface area contributed by atoms with Crippen LogP contribution in [0.3, 0.4) is 0 Å². The van der Waals surface area contributed by atoms with E-state index >= 15 is 0 Å². The Bertz CT molecular complexity index is 1550. The van der Waals surface area contributed by atoms with E-state index < -0.39 is 13.5 Å². The average molecular weight is 757 g/mol. The van der Waals surface area contributed by atoms with Crippen molar-refractivity contribution in [1.82, 2.24) is 4.98 Å². The summed E-state index contributed by atoms with van der Waals surface area (Å²) in [6.45, 7) is 22.6. The molecular formula is C37H46IrNO2Si-. The zero-order chi connectivity index (χ0) is 30.8. The van der Waals surface area contributed by atoms with Crippen molar-refractivity contribution in [3.8, 4) is 22.4 Å². The molecule has 0 atom stereocenters. The van der Waals surface area contributed by atoms with Gasteiger partial charge in [-0.05, 0) is 28.3 Å². The first-order valence-corrected chi connectivity index (χ1v) is 17.8. The first kappa shape index (κ1) is 35.3. The van der Waals surface area contributed by atoms with Crippen LogP contribution in [0.2, 0.25) is 19.6 Å². The fraction of sp³-hybridized carbons (Fsp3) is 0.351. The summed E-state index contributed by atoms with van der Waals surface area (Å²) in [5.41, 5.74) is 7.27. The Kier molecular flexibility index (Phi) is 11.5. The molecule has 0 amide bonds. The van der Waals surface area contributed by atoms with Crippen molar-refractivity contribution in [3.63, 3.8) is 0 Å². The number of pyridine rings is 1. The first-order chi connectivity index (χ1) is 18.9. The van der Waals surface area contributed by atoms with Gasteiger partial charge in [0.15, 0.2) is 5.78 Å². The van der Waals surface area contributed by atoms with Crippen LogP contribution < -0.4 is 5.19 Å². The van der Waals surface area contributed by atoms with Gasteiger partial charge in [0, 0.05) is 37.0 Å². The maximum absolute atomic E-state index is 11.5. The van der Waals surface area contributed by atoms with Crippen molar-refractivity contribution in [2.45, 2.75) is 75.0 Å². The maximum Gasteiger partial charge on any atom is 0.164 e. The third kappa shape index (κ3) is 9.32. The summed E-state index contributed by atoms with van der Waals surface area (Å²) in [6, 6.07) is 27.4. The largest absolute Gasteiger partial charge is 0.512 e. The molecule has 1 N–H and O–H groups in total. The van der Waals surface area contributed by atoms with Crippen LogP contribution in [0.4, 0.5) is 0 Å². The number of aliphatic hydroxyl groups is 1. The molecule has 0 unspecified atom stereocenters. The maximum atomic E-state index is 11.5. The van der Waals surface area contributed by atoms with Crippen molar-refractivity contribution >= 4 is 29.9 Å². The number of aromatic nitrogens is 1. The van der Waals surface area contributed by atoms with E-state index in [0.29, 0.717) is 0 Å². The van der Waals surface area contributed by atoms with Gasteiger partial charge in [-0.1, -0.05) is 129 Å². The molecular weight excluding hydrogens is 711 g/mol. The van der Waals surface area contributed by atoms with Crippen molar-refractivity contribution in [2.24, 2.45) is 10.8 Å². The summed E-state index contributed by atoms with van der Waals surface area (Å²) in [7, 11) is -1.54. The number of benzene rings is 3. The molecule has 3 nitrogen and oxygen atoms in total. The summed E-state index contributed by atoms with van der Waals surface area (Å²) in [4.78, 5) is 16.6. The molecule has 0 fully saturated rings. The predicted octanol–water partition coefficient (Wildman–Crippen LogP) is 9.62. The second-order valence-corrected chi connectivity index (χ2v) is 19.1. The van der Waals surface area contributed by atoms with Gasteiger partial charge in [0.2, 0.25) is 0 Å². The minimum Gasteiger partial charge on any atom is -0.512 e. The molecule has 0 aliphatic rings. The molecule has 0 saturated heterocycles. The molecule has 1 radical (unpaired) electrons. The second kappa shape index (κ2) is 13.6. The summed E-state index contributed by atoms with van der Waals surface area (Å²) < 4.78 is 0. The predicted molar refractivity (Wildman–Crippen MR) is 179 cm³/mol. The molecule has 0 bridgehead atoms. The average Bonchev–Trinajstić information content (AvgIpc) is 2.86. The number of fused-ring (bicyclic) bond motifs is 1. The molecule has 5 heteroatoms. The van der Waals surface area contributed by atoms with Gasteiger partial charge in [-0.2, -0.15) is 0 Å². The number of aliphatic hydroxyl groups excluding tert-OH is 1. The molecule has 0 spiro atoms. The number of ketones is 1. The van der Waals surface area contributed by atoms with E-state index in [1.807, 2.05) is 41.5 Å². The van der Waals surface area contributed by atoms with Crippen LogP contribution in [0.5, 0.6) is 0 Å². The molecule has 225 valence electrons. The van der Waals surface area contributed by atoms with E-state index in [1.54, 1.807) is 0 Å². The molecule has 1 aromatic heterocycles. The van der Waals surface area contributed by atoms with Gasteiger partial charge < -0.3 is 5.11 Å². The number of allylic oxidation sites excluding steroid dienone is 2. The van der Waals surface area contributed by atoms with Crippen LogP contribution in [0.1, 0.15) is 52.7 Å². The molecule has 42 heavy (non-hydrogen) atoms. The van der Waals surface area contributed by atoms with Crippen LogP contribution in [0.15, 0.2) is 78.6 Å². The van der Waals surface area contributed by atoms with Crippen LogP contribution in [-0.2, 0) is 24.9 Å². The summed E-state index contributed by atoms with van der Waals surface area (Å²) in [5.74, 6) is 0.104. The third-order valence-electron chi connectivity index (χ3n) is 6.92. The minimum absolute atomic E-state index is 0. The van der Waals surface area contributed by atoms with Crippen LogP contribution in [0.25, 0.3) is 33.3 Å². The van der Waals surface area contributed by atoms with Gasteiger partial charge in [-0.25, -0.2) is 0 Å². The van der Waals surface area contributed by atoms with E-state index in [0.717, 1.165) is 22.3 Å². The van der Waals surface area contributed by atoms with Crippen LogP contribution >= 0.6 is 0 Å². The van der Waals surface area contributed by atoms with Crippen molar-refractivity contribution < 1.29 is 30.0 Å². The Morgan fingerprint density at radius 2 is 1.45 bits per heavy atom. The van der Waals surface area contributed by atoms with Crippen LogP contribution in [-0.4, -0.2) is 23.9 Å². The third-order valence-corrected chi connectivity index (χ3v) is 8.95. The van der Waals surface area contributed by atoms with Gasteiger partial charge in [0.25, 0.3) is 0 Å². The van der Waals surface area contributed by atoms with Gasteiger partial charge in [-0.15, -0.1) is 34.9 Å². The Balaban J connectivity index is 0.000000377. The van der Waals surface area contributed by atoms with Crippen molar-refractivity contribution in [2.75, 3.05) is 0 Å². The first-order valence-electron chi connectivity index (χ1n) is 14.3. The molecule has 3 aromatic carbocycles. The summed E-state index contributed by atoms with van der Waals surface area (Å²) >= 11 is 0. The molecule has 0 aliphatic carbocycles. The van der Waals surface area contributed by atoms with E-state index in [9.17, 15) is 9.90 Å². The number of carbonyl (C=O) groups excluding carboxylic acids is 1.